The maximum Gasteiger partial charge on any atom is 0.225 e. The van der Waals surface area contributed by atoms with Crippen molar-refractivity contribution < 1.29 is 20.1 Å². The Bertz CT molecular complexity index is 775. The molecule has 3 heterocycles. The first-order valence-electron chi connectivity index (χ1n) is 6.30. The zero-order valence-corrected chi connectivity index (χ0v) is 11.8. The molecule has 116 valence electrons. The lowest BCUT2D eigenvalue weighted by molar-refractivity contribution is -0.0642. The number of nitriles is 1. The van der Waals surface area contributed by atoms with Gasteiger partial charge in [0.25, 0.3) is 0 Å². The van der Waals surface area contributed by atoms with E-state index in [0.717, 1.165) is 6.33 Å². The summed E-state index contributed by atoms with van der Waals surface area (Å²) in [6.45, 7) is -0.560. The molecule has 22 heavy (non-hydrogen) atoms. The van der Waals surface area contributed by atoms with Gasteiger partial charge in [-0.3, -0.25) is 0 Å². The molecule has 0 unspecified atom stereocenters. The SMILES string of the molecule is N#C[C@@]1(c2cc(Cl)c3c(N)ncnn23)O[C@H](CO)[C@@H](O)[C@H]1O. The lowest BCUT2D eigenvalue weighted by atomic mass is 9.92. The van der Waals surface area contributed by atoms with E-state index < -0.39 is 30.5 Å². The normalized spacial score (nSPS) is 31.5. The first kappa shape index (κ1) is 15.0. The molecule has 0 spiro atoms. The van der Waals surface area contributed by atoms with Crippen LogP contribution < -0.4 is 5.73 Å². The summed E-state index contributed by atoms with van der Waals surface area (Å²) >= 11 is 6.10. The predicted octanol–water partition coefficient (Wildman–Crippen LogP) is -1.20. The molecule has 5 N–H and O–H groups in total. The topological polar surface area (TPSA) is 150 Å². The second-order valence-electron chi connectivity index (χ2n) is 4.90. The van der Waals surface area contributed by atoms with Gasteiger partial charge < -0.3 is 25.8 Å². The lowest BCUT2D eigenvalue weighted by Gasteiger charge is -2.23. The van der Waals surface area contributed by atoms with Crippen molar-refractivity contribution in [1.29, 1.82) is 5.26 Å². The lowest BCUT2D eigenvalue weighted by Crippen LogP contribution is -2.40. The van der Waals surface area contributed by atoms with Crippen LogP contribution in [0, 0.1) is 11.3 Å². The smallest absolute Gasteiger partial charge is 0.225 e. The maximum atomic E-state index is 10.3. The molecule has 1 aliphatic heterocycles. The molecule has 10 heteroatoms. The van der Waals surface area contributed by atoms with Crippen LogP contribution in [0.15, 0.2) is 12.4 Å². The number of fused-ring (bicyclic) bond motifs is 1. The number of rotatable bonds is 2. The molecule has 9 nitrogen and oxygen atoms in total. The van der Waals surface area contributed by atoms with Crippen molar-refractivity contribution in [2.75, 3.05) is 12.3 Å². The molecule has 0 aliphatic carbocycles. The fourth-order valence-electron chi connectivity index (χ4n) is 2.62. The van der Waals surface area contributed by atoms with Crippen molar-refractivity contribution >= 4 is 22.9 Å². The van der Waals surface area contributed by atoms with E-state index in [0.29, 0.717) is 0 Å². The van der Waals surface area contributed by atoms with E-state index in [1.807, 2.05) is 6.07 Å². The van der Waals surface area contributed by atoms with E-state index in [-0.39, 0.29) is 22.1 Å². The van der Waals surface area contributed by atoms with Crippen LogP contribution in [-0.2, 0) is 10.3 Å². The summed E-state index contributed by atoms with van der Waals surface area (Å²) in [5, 5.41) is 43.1. The van der Waals surface area contributed by atoms with Crippen LogP contribution in [0.5, 0.6) is 0 Å². The summed E-state index contributed by atoms with van der Waals surface area (Å²) in [7, 11) is 0. The standard InChI is InChI=1S/C12H12ClN5O4/c13-5-1-7(18-8(5)11(15)16-4-17-18)12(3-14)10(21)9(20)6(2-19)22-12/h1,4,6,9-10,19-21H,2H2,(H2,15,16,17)/t6-,9-,10-,12+/m1/s1. The molecule has 3 rings (SSSR count). The van der Waals surface area contributed by atoms with Crippen molar-refractivity contribution in [3.8, 4) is 6.07 Å². The Labute approximate surface area is 129 Å². The Morgan fingerprint density at radius 1 is 1.55 bits per heavy atom. The van der Waals surface area contributed by atoms with Crippen LogP contribution in [0.1, 0.15) is 5.69 Å². The first-order chi connectivity index (χ1) is 10.5. The van der Waals surface area contributed by atoms with Crippen molar-refractivity contribution in [3.63, 3.8) is 0 Å². The summed E-state index contributed by atoms with van der Waals surface area (Å²) in [4.78, 5) is 3.81. The third-order valence-corrected chi connectivity index (χ3v) is 4.01. The van der Waals surface area contributed by atoms with Gasteiger partial charge in [0.1, 0.15) is 36.2 Å². The van der Waals surface area contributed by atoms with E-state index in [2.05, 4.69) is 10.1 Å². The highest BCUT2D eigenvalue weighted by Gasteiger charge is 2.57. The quantitative estimate of drug-likeness (QED) is 0.537. The molecule has 1 fully saturated rings. The fraction of sp³-hybridized carbons (Fsp3) is 0.417. The number of hydrogen-bond acceptors (Lipinski definition) is 8. The Kier molecular flexibility index (Phi) is 3.43. The summed E-state index contributed by atoms with van der Waals surface area (Å²) < 4.78 is 6.65. The second-order valence-corrected chi connectivity index (χ2v) is 5.31. The molecule has 1 saturated heterocycles. The highest BCUT2D eigenvalue weighted by atomic mass is 35.5. The molecule has 0 aromatic carbocycles. The van der Waals surface area contributed by atoms with Gasteiger partial charge in [-0.2, -0.15) is 10.4 Å². The summed E-state index contributed by atoms with van der Waals surface area (Å²) in [6.07, 6.45) is -2.99. The van der Waals surface area contributed by atoms with Gasteiger partial charge in [-0.05, 0) is 6.07 Å². The molecule has 4 atom stereocenters. The van der Waals surface area contributed by atoms with E-state index >= 15 is 0 Å². The zero-order valence-electron chi connectivity index (χ0n) is 11.1. The minimum atomic E-state index is -1.94. The number of nitrogens with zero attached hydrogens (tertiary/aromatic N) is 4. The predicted molar refractivity (Wildman–Crippen MR) is 73.7 cm³/mol. The molecule has 0 radical (unpaired) electrons. The number of nitrogens with two attached hydrogens (primary N) is 1. The molecular weight excluding hydrogens is 314 g/mol. The van der Waals surface area contributed by atoms with Crippen LogP contribution in [0.4, 0.5) is 5.82 Å². The second kappa shape index (κ2) is 5.05. The molecule has 2 aromatic heterocycles. The first-order valence-corrected chi connectivity index (χ1v) is 6.68. The van der Waals surface area contributed by atoms with Crippen molar-refractivity contribution in [1.82, 2.24) is 14.6 Å². The number of halogens is 1. The highest BCUT2D eigenvalue weighted by molar-refractivity contribution is 6.34. The molecular formula is C12H12ClN5O4. The van der Waals surface area contributed by atoms with Gasteiger partial charge >= 0.3 is 0 Å². The van der Waals surface area contributed by atoms with Crippen molar-refractivity contribution in [3.05, 3.63) is 23.1 Å². The largest absolute Gasteiger partial charge is 0.394 e. The Morgan fingerprint density at radius 3 is 2.86 bits per heavy atom. The summed E-state index contributed by atoms with van der Waals surface area (Å²) in [6, 6.07) is 3.20. The van der Waals surface area contributed by atoms with Crippen molar-refractivity contribution in [2.45, 2.75) is 23.9 Å². The van der Waals surface area contributed by atoms with Crippen molar-refractivity contribution in [2.24, 2.45) is 0 Å². The van der Waals surface area contributed by atoms with Crippen LogP contribution in [-0.4, -0.2) is 54.8 Å². The molecule has 1 aliphatic rings. The van der Waals surface area contributed by atoms with E-state index in [4.69, 9.17) is 22.1 Å². The molecule has 0 saturated carbocycles. The number of aliphatic hydroxyl groups excluding tert-OH is 3. The Balaban J connectivity index is 2.26. The van der Waals surface area contributed by atoms with Gasteiger partial charge in [-0.1, -0.05) is 11.6 Å². The fourth-order valence-corrected chi connectivity index (χ4v) is 2.90. The van der Waals surface area contributed by atoms with Gasteiger partial charge in [0, 0.05) is 0 Å². The number of nitrogen functional groups attached to an aromatic ring is 1. The number of hydrogen-bond donors (Lipinski definition) is 4. The average Bonchev–Trinajstić information content (AvgIpc) is 2.98. The minimum absolute atomic E-state index is 0.0890. The minimum Gasteiger partial charge on any atom is -0.394 e. The zero-order chi connectivity index (χ0) is 16.1. The van der Waals surface area contributed by atoms with Crippen LogP contribution in [0.2, 0.25) is 5.02 Å². The van der Waals surface area contributed by atoms with Gasteiger partial charge in [0.15, 0.2) is 5.82 Å². The number of anilines is 1. The van der Waals surface area contributed by atoms with Gasteiger partial charge in [0.2, 0.25) is 5.60 Å². The number of aliphatic hydroxyl groups is 3. The molecule has 0 bridgehead atoms. The van der Waals surface area contributed by atoms with Gasteiger partial charge in [-0.15, -0.1) is 0 Å². The summed E-state index contributed by atoms with van der Waals surface area (Å²) in [5.41, 5.74) is 4.14. The van der Waals surface area contributed by atoms with Gasteiger partial charge in [0.05, 0.1) is 17.3 Å². The number of aromatic nitrogens is 3. The van der Waals surface area contributed by atoms with Crippen LogP contribution >= 0.6 is 11.6 Å². The third-order valence-electron chi connectivity index (χ3n) is 3.72. The van der Waals surface area contributed by atoms with E-state index in [1.165, 1.54) is 10.6 Å². The van der Waals surface area contributed by atoms with Gasteiger partial charge in [-0.25, -0.2) is 9.50 Å². The van der Waals surface area contributed by atoms with Crippen LogP contribution in [0.3, 0.4) is 0 Å². The maximum absolute atomic E-state index is 10.3. The van der Waals surface area contributed by atoms with E-state index in [1.54, 1.807) is 0 Å². The summed E-state index contributed by atoms with van der Waals surface area (Å²) in [5.74, 6) is 0.0890. The average molecular weight is 326 g/mol. The Hall–Kier alpha value is -1.96. The third kappa shape index (κ3) is 1.79. The number of ether oxygens (including phenoxy) is 1. The Morgan fingerprint density at radius 2 is 2.27 bits per heavy atom. The van der Waals surface area contributed by atoms with Crippen LogP contribution in [0.25, 0.3) is 5.52 Å². The highest BCUT2D eigenvalue weighted by Crippen LogP contribution is 2.41. The molecule has 0 amide bonds. The molecule has 2 aromatic rings. The van der Waals surface area contributed by atoms with E-state index in [9.17, 15) is 20.6 Å². The monoisotopic (exact) mass is 325 g/mol.